The third-order valence-electron chi connectivity index (χ3n) is 4.71. The van der Waals surface area contributed by atoms with E-state index in [0.717, 1.165) is 18.5 Å². The Labute approximate surface area is 196 Å². The number of halogens is 6. The first-order chi connectivity index (χ1) is 16.2. The van der Waals surface area contributed by atoms with E-state index < -0.39 is 45.0 Å². The zero-order valence-corrected chi connectivity index (χ0v) is 18.7. The first-order valence-corrected chi connectivity index (χ1v) is 11.6. The number of nitrogens with zero attached hydrogens (tertiary/aromatic N) is 2. The minimum atomic E-state index is -4.94. The molecule has 0 bridgehead atoms. The van der Waals surface area contributed by atoms with Crippen molar-refractivity contribution in [2.75, 3.05) is 6.26 Å². The lowest BCUT2D eigenvalue weighted by atomic mass is 10.0. The molecule has 0 saturated heterocycles. The molecule has 3 rings (SSSR count). The van der Waals surface area contributed by atoms with Crippen molar-refractivity contribution in [2.45, 2.75) is 17.2 Å². The maximum atomic E-state index is 13.3. The van der Waals surface area contributed by atoms with Crippen LogP contribution in [0.5, 0.6) is 0 Å². The van der Waals surface area contributed by atoms with Gasteiger partial charge in [0.2, 0.25) is 0 Å². The molecule has 1 aromatic heterocycles. The summed E-state index contributed by atoms with van der Waals surface area (Å²) >= 11 is 0. The fourth-order valence-electron chi connectivity index (χ4n) is 2.97. The van der Waals surface area contributed by atoms with E-state index >= 15 is 0 Å². The van der Waals surface area contributed by atoms with E-state index in [-0.39, 0.29) is 10.5 Å². The van der Waals surface area contributed by atoms with Crippen LogP contribution in [0.15, 0.2) is 88.5 Å². The van der Waals surface area contributed by atoms with Crippen LogP contribution in [0.2, 0.25) is 0 Å². The Bertz CT molecular complexity index is 1390. The van der Waals surface area contributed by atoms with Gasteiger partial charge in [0.15, 0.2) is 15.7 Å². The first kappa shape index (κ1) is 25.9. The molecule has 5 nitrogen and oxygen atoms in total. The largest absolute Gasteiger partial charge is 0.430 e. The second-order valence-corrected chi connectivity index (χ2v) is 9.36. The van der Waals surface area contributed by atoms with E-state index in [0.29, 0.717) is 23.3 Å². The maximum Gasteiger partial charge on any atom is 0.430 e. The molecular formula is C23H17F6N3O2S. The van der Waals surface area contributed by atoms with Crippen molar-refractivity contribution in [2.24, 2.45) is 10.7 Å². The number of benzene rings is 2. The number of hydrogen-bond donors (Lipinski definition) is 1. The zero-order valence-electron chi connectivity index (χ0n) is 17.9. The van der Waals surface area contributed by atoms with E-state index in [9.17, 15) is 34.8 Å². The number of hydrogen-bond acceptors (Lipinski definition) is 5. The molecule has 2 aromatic carbocycles. The number of rotatable bonds is 5. The highest BCUT2D eigenvalue weighted by Gasteiger charge is 2.35. The minimum Gasteiger partial charge on any atom is -0.395 e. The molecule has 35 heavy (non-hydrogen) atoms. The van der Waals surface area contributed by atoms with Crippen LogP contribution in [-0.4, -0.2) is 31.5 Å². The van der Waals surface area contributed by atoms with E-state index in [4.69, 9.17) is 5.73 Å². The van der Waals surface area contributed by atoms with Crippen LogP contribution in [0, 0.1) is 0 Å². The van der Waals surface area contributed by atoms with Crippen LogP contribution < -0.4 is 5.73 Å². The number of aromatic nitrogens is 1. The summed E-state index contributed by atoms with van der Waals surface area (Å²) in [4.78, 5) is 7.38. The molecule has 0 unspecified atom stereocenters. The van der Waals surface area contributed by atoms with Gasteiger partial charge in [-0.15, -0.1) is 0 Å². The molecule has 0 aliphatic heterocycles. The molecule has 0 aliphatic rings. The molecule has 12 heteroatoms. The van der Waals surface area contributed by atoms with Gasteiger partial charge in [-0.25, -0.2) is 18.4 Å². The molecule has 0 fully saturated rings. The van der Waals surface area contributed by atoms with Crippen molar-refractivity contribution in [3.05, 3.63) is 89.8 Å². The summed E-state index contributed by atoms with van der Waals surface area (Å²) < 4.78 is 103. The fourth-order valence-corrected chi connectivity index (χ4v) is 3.64. The highest BCUT2D eigenvalue weighted by Crippen LogP contribution is 2.35. The predicted octanol–water partition coefficient (Wildman–Crippen LogP) is 5.70. The summed E-state index contributed by atoms with van der Waals surface area (Å²) in [5.41, 5.74) is 2.85. The Balaban J connectivity index is 2.12. The quantitative estimate of drug-likeness (QED) is 0.351. The number of sulfone groups is 1. The van der Waals surface area contributed by atoms with Crippen molar-refractivity contribution in [1.29, 1.82) is 0 Å². The van der Waals surface area contributed by atoms with E-state index in [1.54, 1.807) is 6.07 Å². The van der Waals surface area contributed by atoms with Crippen LogP contribution in [0.4, 0.5) is 32.2 Å². The number of nitrogens with two attached hydrogens (primary N) is 1. The summed E-state index contributed by atoms with van der Waals surface area (Å²) in [6, 6.07) is 13.3. The van der Waals surface area contributed by atoms with Gasteiger partial charge in [-0.1, -0.05) is 36.4 Å². The van der Waals surface area contributed by atoms with Gasteiger partial charge in [0.05, 0.1) is 10.6 Å². The monoisotopic (exact) mass is 513 g/mol. The van der Waals surface area contributed by atoms with Gasteiger partial charge in [-0.2, -0.15) is 26.3 Å². The summed E-state index contributed by atoms with van der Waals surface area (Å²) in [6.45, 7) is 0. The third-order valence-corrected chi connectivity index (χ3v) is 5.82. The topological polar surface area (TPSA) is 85.4 Å². The molecule has 0 amide bonds. The van der Waals surface area contributed by atoms with Gasteiger partial charge in [0, 0.05) is 18.0 Å². The van der Waals surface area contributed by atoms with Gasteiger partial charge in [0.25, 0.3) is 0 Å². The first-order valence-electron chi connectivity index (χ1n) is 9.72. The standard InChI is InChI=1S/C23H17F6N3O2S/c1-35(33,34)17-5-2-4-16(12-17)14-7-9-15(10-8-14)19(13-20(30)23(27,28)29)32-21-18(22(24,25)26)6-3-11-31-21/h2-13H,30H2,1H3/b20-13-,32-19-. The summed E-state index contributed by atoms with van der Waals surface area (Å²) in [6.07, 6.45) is -7.29. The SMILES string of the molecule is CS(=O)(=O)c1cccc(-c2ccc(C(/C=C(\N)C(F)(F)F)=N\c3ncccc3C(F)(F)F)cc2)c1. The molecule has 3 aromatic rings. The van der Waals surface area contributed by atoms with Crippen molar-refractivity contribution in [3.63, 3.8) is 0 Å². The van der Waals surface area contributed by atoms with Crippen LogP contribution >= 0.6 is 0 Å². The normalized spacial score (nSPS) is 13.7. The minimum absolute atomic E-state index is 0.0268. The van der Waals surface area contributed by atoms with Gasteiger partial charge < -0.3 is 5.73 Å². The molecule has 0 saturated carbocycles. The van der Waals surface area contributed by atoms with E-state index in [1.165, 1.54) is 42.5 Å². The van der Waals surface area contributed by atoms with Crippen LogP contribution in [0.3, 0.4) is 0 Å². The Hall–Kier alpha value is -3.67. The summed E-state index contributed by atoms with van der Waals surface area (Å²) in [5.74, 6) is -0.828. The number of allylic oxidation sites excluding steroid dienone is 2. The Morgan fingerprint density at radius 1 is 0.943 bits per heavy atom. The maximum absolute atomic E-state index is 13.3. The molecular weight excluding hydrogens is 496 g/mol. The van der Waals surface area contributed by atoms with Crippen LogP contribution in [0.25, 0.3) is 11.1 Å². The van der Waals surface area contributed by atoms with Crippen molar-refractivity contribution in [3.8, 4) is 11.1 Å². The third kappa shape index (κ3) is 6.47. The molecule has 0 atom stereocenters. The van der Waals surface area contributed by atoms with Crippen LogP contribution in [-0.2, 0) is 16.0 Å². The Morgan fingerprint density at radius 2 is 1.60 bits per heavy atom. The van der Waals surface area contributed by atoms with Gasteiger partial charge in [0.1, 0.15) is 11.3 Å². The van der Waals surface area contributed by atoms with Crippen molar-refractivity contribution < 1.29 is 34.8 Å². The molecule has 2 N–H and O–H groups in total. The highest BCUT2D eigenvalue weighted by molar-refractivity contribution is 7.90. The molecule has 0 spiro atoms. The van der Waals surface area contributed by atoms with E-state index in [2.05, 4.69) is 9.98 Å². The lowest BCUT2D eigenvalue weighted by molar-refractivity contribution is -0.137. The van der Waals surface area contributed by atoms with Crippen molar-refractivity contribution in [1.82, 2.24) is 4.98 Å². The number of pyridine rings is 1. The second-order valence-electron chi connectivity index (χ2n) is 7.34. The summed E-state index contributed by atoms with van der Waals surface area (Å²) in [5, 5.41) is 0. The average molecular weight is 513 g/mol. The average Bonchev–Trinajstić information content (AvgIpc) is 2.77. The highest BCUT2D eigenvalue weighted by atomic mass is 32.2. The lowest BCUT2D eigenvalue weighted by Gasteiger charge is -2.12. The molecule has 0 radical (unpaired) electrons. The summed E-state index contributed by atoms with van der Waals surface area (Å²) in [7, 11) is -3.48. The van der Waals surface area contributed by atoms with Crippen molar-refractivity contribution >= 4 is 21.4 Å². The Kier molecular flexibility index (Phi) is 7.06. The predicted molar refractivity (Wildman–Crippen MR) is 119 cm³/mol. The van der Waals surface area contributed by atoms with Gasteiger partial charge in [-0.3, -0.25) is 0 Å². The van der Waals surface area contributed by atoms with Gasteiger partial charge >= 0.3 is 12.4 Å². The molecule has 1 heterocycles. The van der Waals surface area contributed by atoms with E-state index in [1.807, 2.05) is 0 Å². The molecule has 184 valence electrons. The van der Waals surface area contributed by atoms with Crippen LogP contribution in [0.1, 0.15) is 11.1 Å². The zero-order chi connectivity index (χ0) is 26.0. The fraction of sp³-hybridized carbons (Fsp3) is 0.130. The number of alkyl halides is 6. The molecule has 0 aliphatic carbocycles. The number of aliphatic imine (C=N–C) groups is 1. The smallest absolute Gasteiger partial charge is 0.395 e. The van der Waals surface area contributed by atoms with Gasteiger partial charge in [-0.05, 0) is 41.5 Å². The Morgan fingerprint density at radius 3 is 2.17 bits per heavy atom. The lowest BCUT2D eigenvalue weighted by Crippen LogP contribution is -2.21. The second kappa shape index (κ2) is 9.53.